The van der Waals surface area contributed by atoms with Gasteiger partial charge in [0.15, 0.2) is 0 Å². The van der Waals surface area contributed by atoms with Crippen LogP contribution in [0.3, 0.4) is 0 Å². The van der Waals surface area contributed by atoms with Gasteiger partial charge >= 0.3 is 0 Å². The smallest absolute Gasteiger partial charge is 0.217 e. The zero-order chi connectivity index (χ0) is 22.2. The minimum Gasteiger partial charge on any atom is -0.381 e. The van der Waals surface area contributed by atoms with Crippen LogP contribution in [0.2, 0.25) is 0 Å². The number of nitrogens with zero attached hydrogens (tertiary/aromatic N) is 2. The standard InChI is InChI=1S/C20H39FN6O3S/c1-20(21,13-30-3)15-7-8-22-18(9-15)27-12-16(11-24-27)31(28,29)25-17-6-4-5-14-10-23-26(2)19(14)17/h14-19,22-25H,4-13H2,1-3H3/t14?,15?,16?,17?,18?,19?,20-/m1/s1. The summed E-state index contributed by atoms with van der Waals surface area (Å²) in [6.45, 7) is 4.07. The third-order valence-electron chi connectivity index (χ3n) is 7.75. The second kappa shape index (κ2) is 9.46. The van der Waals surface area contributed by atoms with E-state index in [9.17, 15) is 12.8 Å². The molecule has 4 rings (SSSR count). The second-order valence-electron chi connectivity index (χ2n) is 9.96. The van der Waals surface area contributed by atoms with Gasteiger partial charge in [0.05, 0.1) is 12.8 Å². The van der Waals surface area contributed by atoms with Crippen LogP contribution in [-0.2, 0) is 14.8 Å². The Balaban J connectivity index is 1.35. The van der Waals surface area contributed by atoms with E-state index in [1.807, 2.05) is 12.1 Å². The van der Waals surface area contributed by atoms with Gasteiger partial charge in [-0.1, -0.05) is 6.42 Å². The quantitative estimate of drug-likeness (QED) is 0.412. The predicted octanol–water partition coefficient (Wildman–Crippen LogP) is -0.218. The summed E-state index contributed by atoms with van der Waals surface area (Å²) in [6, 6.07) is 0.147. The first-order valence-corrected chi connectivity index (χ1v) is 13.1. The molecule has 4 N–H and O–H groups in total. The minimum atomic E-state index is -3.47. The fourth-order valence-corrected chi connectivity index (χ4v) is 7.50. The number of hydrazine groups is 2. The second-order valence-corrected chi connectivity index (χ2v) is 12.0. The topological polar surface area (TPSA) is 98.0 Å². The van der Waals surface area contributed by atoms with Gasteiger partial charge in [0.25, 0.3) is 0 Å². The van der Waals surface area contributed by atoms with Crippen molar-refractivity contribution in [3.63, 3.8) is 0 Å². The molecule has 4 fully saturated rings. The number of hydrogen-bond donors (Lipinski definition) is 4. The third-order valence-corrected chi connectivity index (χ3v) is 9.57. The van der Waals surface area contributed by atoms with E-state index >= 15 is 0 Å². The van der Waals surface area contributed by atoms with E-state index in [2.05, 4.69) is 25.9 Å². The third kappa shape index (κ3) is 5.08. The van der Waals surface area contributed by atoms with Crippen LogP contribution in [0.1, 0.15) is 39.0 Å². The van der Waals surface area contributed by atoms with Crippen molar-refractivity contribution in [2.45, 2.75) is 68.2 Å². The van der Waals surface area contributed by atoms with Crippen molar-refractivity contribution in [1.82, 2.24) is 30.9 Å². The van der Waals surface area contributed by atoms with Gasteiger partial charge in [-0.2, -0.15) is 0 Å². The molecule has 31 heavy (non-hydrogen) atoms. The molecule has 0 amide bonds. The van der Waals surface area contributed by atoms with Crippen LogP contribution < -0.4 is 20.9 Å². The number of fused-ring (bicyclic) bond motifs is 1. The van der Waals surface area contributed by atoms with Crippen molar-refractivity contribution >= 4 is 10.0 Å². The van der Waals surface area contributed by atoms with E-state index in [1.165, 1.54) is 7.11 Å². The normalized spacial score (nSPS) is 40.0. The fourth-order valence-electron chi connectivity index (χ4n) is 5.97. The van der Waals surface area contributed by atoms with E-state index in [-0.39, 0.29) is 30.8 Å². The van der Waals surface area contributed by atoms with E-state index < -0.39 is 20.9 Å². The molecular formula is C20H39FN6O3S. The maximum atomic E-state index is 15.0. The van der Waals surface area contributed by atoms with Crippen molar-refractivity contribution < 1.29 is 17.5 Å². The van der Waals surface area contributed by atoms with Crippen molar-refractivity contribution in [2.24, 2.45) is 11.8 Å². The number of piperidine rings is 1. The zero-order valence-corrected chi connectivity index (χ0v) is 19.8. The lowest BCUT2D eigenvalue weighted by atomic mass is 9.82. The Kier molecular flexibility index (Phi) is 7.24. The van der Waals surface area contributed by atoms with Gasteiger partial charge in [-0.15, -0.1) is 0 Å². The summed E-state index contributed by atoms with van der Waals surface area (Å²) in [6.07, 6.45) is 4.34. The molecule has 3 saturated heterocycles. The van der Waals surface area contributed by atoms with Gasteiger partial charge in [-0.3, -0.25) is 10.9 Å². The number of hydrogen-bond acceptors (Lipinski definition) is 8. The summed E-state index contributed by atoms with van der Waals surface area (Å²) in [5, 5.41) is 6.93. The lowest BCUT2D eigenvalue weighted by Crippen LogP contribution is -2.56. The summed E-state index contributed by atoms with van der Waals surface area (Å²) >= 11 is 0. The van der Waals surface area contributed by atoms with Gasteiger partial charge in [0.2, 0.25) is 10.0 Å². The number of halogens is 1. The molecule has 11 heteroatoms. The number of sulfonamides is 1. The summed E-state index contributed by atoms with van der Waals surface area (Å²) in [5.41, 5.74) is 5.22. The van der Waals surface area contributed by atoms with E-state index in [0.717, 1.165) is 32.2 Å². The Hall–Kier alpha value is -0.400. The molecule has 0 spiro atoms. The molecule has 0 aromatic heterocycles. The minimum absolute atomic E-state index is 0.0590. The number of nitrogens with one attached hydrogen (secondary N) is 4. The van der Waals surface area contributed by atoms with Crippen molar-refractivity contribution in [2.75, 3.05) is 46.9 Å². The molecule has 4 aliphatic rings. The summed E-state index contributed by atoms with van der Waals surface area (Å²) in [5.74, 6) is 0.369. The highest BCUT2D eigenvalue weighted by Gasteiger charge is 2.45. The first kappa shape index (κ1) is 23.7. The highest BCUT2D eigenvalue weighted by Crippen LogP contribution is 2.33. The first-order valence-electron chi connectivity index (χ1n) is 11.6. The summed E-state index contributed by atoms with van der Waals surface area (Å²) < 4.78 is 49.5. The van der Waals surface area contributed by atoms with Crippen LogP contribution in [0.4, 0.5) is 4.39 Å². The molecule has 1 aliphatic carbocycles. The Bertz CT molecular complexity index is 724. The van der Waals surface area contributed by atoms with Crippen LogP contribution >= 0.6 is 0 Å². The van der Waals surface area contributed by atoms with Crippen LogP contribution in [0.5, 0.6) is 0 Å². The lowest BCUT2D eigenvalue weighted by molar-refractivity contribution is -0.0250. The Labute approximate surface area is 185 Å². The Morgan fingerprint density at radius 3 is 2.81 bits per heavy atom. The van der Waals surface area contributed by atoms with Crippen LogP contribution in [-0.4, -0.2) is 94.5 Å². The van der Waals surface area contributed by atoms with E-state index in [1.54, 1.807) is 6.92 Å². The molecule has 9 nitrogen and oxygen atoms in total. The molecular weight excluding hydrogens is 423 g/mol. The van der Waals surface area contributed by atoms with E-state index in [0.29, 0.717) is 32.0 Å². The van der Waals surface area contributed by atoms with Crippen molar-refractivity contribution in [3.05, 3.63) is 0 Å². The van der Waals surface area contributed by atoms with Gasteiger partial charge in [0, 0.05) is 45.9 Å². The molecule has 0 aromatic rings. The molecule has 6 unspecified atom stereocenters. The van der Waals surface area contributed by atoms with Crippen LogP contribution in [0.25, 0.3) is 0 Å². The molecule has 3 aliphatic heterocycles. The Morgan fingerprint density at radius 2 is 2.03 bits per heavy atom. The summed E-state index contributed by atoms with van der Waals surface area (Å²) in [4.78, 5) is 0. The molecule has 0 bridgehead atoms. The maximum Gasteiger partial charge on any atom is 0.217 e. The molecule has 0 aromatic carbocycles. The fraction of sp³-hybridized carbons (Fsp3) is 1.00. The number of likely N-dealkylation sites (N-methyl/N-ethyl adjacent to an activating group) is 1. The first-order chi connectivity index (χ1) is 14.7. The average molecular weight is 463 g/mol. The van der Waals surface area contributed by atoms with E-state index in [4.69, 9.17) is 4.74 Å². The van der Waals surface area contributed by atoms with Crippen molar-refractivity contribution in [3.8, 4) is 0 Å². The number of ether oxygens (including phenoxy) is 1. The molecule has 7 atom stereocenters. The summed E-state index contributed by atoms with van der Waals surface area (Å²) in [7, 11) is 0.0518. The highest BCUT2D eigenvalue weighted by atomic mass is 32.2. The van der Waals surface area contributed by atoms with Crippen LogP contribution in [0.15, 0.2) is 0 Å². The van der Waals surface area contributed by atoms with Gasteiger partial charge < -0.3 is 10.1 Å². The zero-order valence-electron chi connectivity index (χ0n) is 18.9. The molecule has 180 valence electrons. The predicted molar refractivity (Wildman–Crippen MR) is 117 cm³/mol. The number of rotatable bonds is 7. The molecule has 0 radical (unpaired) electrons. The molecule has 1 saturated carbocycles. The SMILES string of the molecule is COC[C@@](C)(F)C1CCNC(N2CC(S(=O)(=O)NC3CCCC4CNN(C)C43)CN2)C1. The maximum absolute atomic E-state index is 15.0. The average Bonchev–Trinajstić information content (AvgIpc) is 3.37. The van der Waals surface area contributed by atoms with Crippen LogP contribution in [0, 0.1) is 11.8 Å². The number of alkyl halides is 1. The Morgan fingerprint density at radius 1 is 1.23 bits per heavy atom. The number of methoxy groups -OCH3 is 1. The highest BCUT2D eigenvalue weighted by molar-refractivity contribution is 7.90. The van der Waals surface area contributed by atoms with Gasteiger partial charge in [-0.25, -0.2) is 27.5 Å². The van der Waals surface area contributed by atoms with Gasteiger partial charge in [0.1, 0.15) is 10.9 Å². The largest absolute Gasteiger partial charge is 0.381 e. The lowest BCUT2D eigenvalue weighted by Gasteiger charge is -2.40. The molecule has 3 heterocycles. The monoisotopic (exact) mass is 462 g/mol. The van der Waals surface area contributed by atoms with Gasteiger partial charge in [-0.05, 0) is 51.0 Å². The van der Waals surface area contributed by atoms with Crippen molar-refractivity contribution in [1.29, 1.82) is 0 Å².